The molecule has 1 saturated heterocycles. The number of carbonyl (C=O) groups is 1. The van der Waals surface area contributed by atoms with Gasteiger partial charge >= 0.3 is 5.97 Å². The van der Waals surface area contributed by atoms with Gasteiger partial charge < -0.3 is 9.47 Å². The van der Waals surface area contributed by atoms with E-state index in [4.69, 9.17) is 4.74 Å². The maximum absolute atomic E-state index is 13.1. The molecular weight excluding hydrogens is 441 g/mol. The minimum atomic E-state index is -3.84. The number of halogens is 2. The standard InChI is InChI=1S/C18H17BrFNO5S/c1-25-18(22)15-10-14(6-7-16(15)19)27(23,24)21-8-9-26-17(11-21)12-2-4-13(20)5-3-12/h2-7,10,17H,8-9,11H2,1H3. The van der Waals surface area contributed by atoms with Gasteiger partial charge in [0.25, 0.3) is 0 Å². The van der Waals surface area contributed by atoms with Crippen molar-refractivity contribution in [3.05, 3.63) is 63.9 Å². The Morgan fingerprint density at radius 1 is 1.26 bits per heavy atom. The maximum atomic E-state index is 13.1. The molecule has 0 bridgehead atoms. The summed E-state index contributed by atoms with van der Waals surface area (Å²) >= 11 is 3.22. The number of hydrogen-bond acceptors (Lipinski definition) is 5. The van der Waals surface area contributed by atoms with Gasteiger partial charge in [0, 0.05) is 17.6 Å². The van der Waals surface area contributed by atoms with Crippen molar-refractivity contribution in [1.29, 1.82) is 0 Å². The van der Waals surface area contributed by atoms with Gasteiger partial charge in [-0.15, -0.1) is 0 Å². The summed E-state index contributed by atoms with van der Waals surface area (Å²) in [4.78, 5) is 11.8. The zero-order valence-electron chi connectivity index (χ0n) is 14.4. The van der Waals surface area contributed by atoms with E-state index in [2.05, 4.69) is 20.7 Å². The van der Waals surface area contributed by atoms with Crippen molar-refractivity contribution in [2.45, 2.75) is 11.0 Å². The molecule has 6 nitrogen and oxygen atoms in total. The SMILES string of the molecule is COC(=O)c1cc(S(=O)(=O)N2CCOC(c3ccc(F)cc3)C2)ccc1Br. The van der Waals surface area contributed by atoms with E-state index < -0.39 is 22.1 Å². The molecule has 1 aliphatic rings. The van der Waals surface area contributed by atoms with Gasteiger partial charge in [-0.3, -0.25) is 0 Å². The van der Waals surface area contributed by atoms with Gasteiger partial charge in [-0.2, -0.15) is 4.31 Å². The molecule has 1 aliphatic heterocycles. The van der Waals surface area contributed by atoms with Gasteiger partial charge in [-0.05, 0) is 51.8 Å². The van der Waals surface area contributed by atoms with E-state index in [0.29, 0.717) is 10.0 Å². The number of morpholine rings is 1. The Hall–Kier alpha value is -1.81. The number of carbonyl (C=O) groups excluding carboxylic acids is 1. The summed E-state index contributed by atoms with van der Waals surface area (Å²) in [5.74, 6) is -1.01. The quantitative estimate of drug-likeness (QED) is 0.659. The van der Waals surface area contributed by atoms with Crippen LogP contribution in [0.5, 0.6) is 0 Å². The third-order valence-electron chi connectivity index (χ3n) is 4.25. The second-order valence-corrected chi connectivity index (χ2v) is 8.70. The van der Waals surface area contributed by atoms with Crippen LogP contribution in [0.3, 0.4) is 0 Å². The summed E-state index contributed by atoms with van der Waals surface area (Å²) in [6.45, 7) is 0.489. The van der Waals surface area contributed by atoms with Gasteiger partial charge in [0.15, 0.2) is 0 Å². The minimum absolute atomic E-state index is 0.00847. The topological polar surface area (TPSA) is 72.9 Å². The third kappa shape index (κ3) is 4.21. The van der Waals surface area contributed by atoms with Crippen LogP contribution in [-0.4, -0.2) is 45.5 Å². The Morgan fingerprint density at radius 2 is 1.96 bits per heavy atom. The van der Waals surface area contributed by atoms with Crippen molar-refractivity contribution in [2.75, 3.05) is 26.8 Å². The fourth-order valence-corrected chi connectivity index (χ4v) is 4.66. The van der Waals surface area contributed by atoms with E-state index in [1.165, 1.54) is 41.7 Å². The number of hydrogen-bond donors (Lipinski definition) is 0. The monoisotopic (exact) mass is 457 g/mol. The van der Waals surface area contributed by atoms with E-state index in [1.54, 1.807) is 12.1 Å². The molecule has 1 unspecified atom stereocenters. The molecule has 0 spiro atoms. The molecule has 144 valence electrons. The summed E-state index contributed by atoms with van der Waals surface area (Å²) in [7, 11) is -2.61. The zero-order valence-corrected chi connectivity index (χ0v) is 16.8. The molecule has 0 amide bonds. The number of nitrogens with zero attached hydrogens (tertiary/aromatic N) is 1. The molecule has 0 saturated carbocycles. The van der Waals surface area contributed by atoms with Crippen LogP contribution in [0.2, 0.25) is 0 Å². The molecule has 0 N–H and O–H groups in total. The summed E-state index contributed by atoms with van der Waals surface area (Å²) in [5, 5.41) is 0. The Labute approximate surface area is 165 Å². The van der Waals surface area contributed by atoms with Gasteiger partial charge in [0.2, 0.25) is 10.0 Å². The number of sulfonamides is 1. The van der Waals surface area contributed by atoms with Crippen LogP contribution >= 0.6 is 15.9 Å². The largest absolute Gasteiger partial charge is 0.465 e. The predicted molar refractivity (Wildman–Crippen MR) is 99.3 cm³/mol. The molecule has 1 fully saturated rings. The van der Waals surface area contributed by atoms with Crippen LogP contribution in [0.4, 0.5) is 4.39 Å². The van der Waals surface area contributed by atoms with Crippen molar-refractivity contribution in [3.8, 4) is 0 Å². The molecule has 3 rings (SSSR count). The average molecular weight is 458 g/mol. The lowest BCUT2D eigenvalue weighted by Crippen LogP contribution is -2.42. The van der Waals surface area contributed by atoms with E-state index in [0.717, 1.165) is 0 Å². The lowest BCUT2D eigenvalue weighted by atomic mass is 10.1. The second kappa shape index (κ2) is 8.05. The van der Waals surface area contributed by atoms with E-state index in [9.17, 15) is 17.6 Å². The molecule has 2 aromatic rings. The first kappa shape index (κ1) is 19.9. The molecule has 0 aliphatic carbocycles. The zero-order chi connectivity index (χ0) is 19.6. The Morgan fingerprint density at radius 3 is 2.63 bits per heavy atom. The highest BCUT2D eigenvalue weighted by Crippen LogP contribution is 2.28. The summed E-state index contributed by atoms with van der Waals surface area (Å²) in [6.07, 6.45) is -0.496. The fraction of sp³-hybridized carbons (Fsp3) is 0.278. The number of esters is 1. The van der Waals surface area contributed by atoms with Crippen LogP contribution in [0.25, 0.3) is 0 Å². The molecule has 2 aromatic carbocycles. The highest BCUT2D eigenvalue weighted by atomic mass is 79.9. The lowest BCUT2D eigenvalue weighted by Gasteiger charge is -2.32. The van der Waals surface area contributed by atoms with Gasteiger partial charge in [0.05, 0.1) is 30.3 Å². The first-order chi connectivity index (χ1) is 12.8. The first-order valence-electron chi connectivity index (χ1n) is 8.08. The van der Waals surface area contributed by atoms with Gasteiger partial charge in [-0.1, -0.05) is 12.1 Å². The summed E-state index contributed by atoms with van der Waals surface area (Å²) in [5.41, 5.74) is 0.823. The summed E-state index contributed by atoms with van der Waals surface area (Å²) < 4.78 is 51.3. The number of benzene rings is 2. The van der Waals surface area contributed by atoms with E-state index >= 15 is 0 Å². The van der Waals surface area contributed by atoms with Gasteiger partial charge in [0.1, 0.15) is 5.82 Å². The van der Waals surface area contributed by atoms with Crippen LogP contribution in [-0.2, 0) is 19.5 Å². The van der Waals surface area contributed by atoms with Crippen molar-refractivity contribution >= 4 is 31.9 Å². The van der Waals surface area contributed by atoms with Crippen LogP contribution in [0.15, 0.2) is 51.8 Å². The highest BCUT2D eigenvalue weighted by molar-refractivity contribution is 9.10. The molecule has 9 heteroatoms. The predicted octanol–water partition coefficient (Wildman–Crippen LogP) is 3.14. The molecular formula is C18H17BrFNO5S. The minimum Gasteiger partial charge on any atom is -0.465 e. The van der Waals surface area contributed by atoms with Crippen molar-refractivity contribution in [3.63, 3.8) is 0 Å². The number of rotatable bonds is 4. The Kier molecular flexibility index (Phi) is 5.95. The molecule has 1 atom stereocenters. The molecule has 1 heterocycles. The van der Waals surface area contributed by atoms with Crippen molar-refractivity contribution < 1.29 is 27.1 Å². The van der Waals surface area contributed by atoms with Crippen molar-refractivity contribution in [1.82, 2.24) is 4.31 Å². The maximum Gasteiger partial charge on any atom is 0.339 e. The molecule has 0 aromatic heterocycles. The Bertz CT molecular complexity index is 949. The third-order valence-corrected chi connectivity index (χ3v) is 6.80. The normalized spacial score (nSPS) is 18.3. The number of methoxy groups -OCH3 is 1. The Balaban J connectivity index is 1.88. The van der Waals surface area contributed by atoms with Crippen LogP contribution < -0.4 is 0 Å². The molecule has 27 heavy (non-hydrogen) atoms. The summed E-state index contributed by atoms with van der Waals surface area (Å²) in [6, 6.07) is 9.97. The van der Waals surface area contributed by atoms with Crippen molar-refractivity contribution in [2.24, 2.45) is 0 Å². The van der Waals surface area contributed by atoms with E-state index in [1.807, 2.05) is 0 Å². The highest BCUT2D eigenvalue weighted by Gasteiger charge is 2.32. The van der Waals surface area contributed by atoms with Crippen LogP contribution in [0, 0.1) is 5.82 Å². The van der Waals surface area contributed by atoms with Crippen LogP contribution in [0.1, 0.15) is 22.0 Å². The lowest BCUT2D eigenvalue weighted by molar-refractivity contribution is -0.00259. The second-order valence-electron chi connectivity index (χ2n) is 5.91. The first-order valence-corrected chi connectivity index (χ1v) is 10.3. The van der Waals surface area contributed by atoms with E-state index in [-0.39, 0.29) is 36.0 Å². The molecule has 0 radical (unpaired) electrons. The van der Waals surface area contributed by atoms with Gasteiger partial charge in [-0.25, -0.2) is 17.6 Å². The smallest absolute Gasteiger partial charge is 0.339 e. The average Bonchev–Trinajstić information content (AvgIpc) is 2.68. The fourth-order valence-electron chi connectivity index (χ4n) is 2.80. The number of ether oxygens (including phenoxy) is 2.